The first kappa shape index (κ1) is 17.7. The van der Waals surface area contributed by atoms with E-state index in [-0.39, 0.29) is 5.91 Å². The molecule has 0 bridgehead atoms. The molecule has 0 unspecified atom stereocenters. The third kappa shape index (κ3) is 6.58. The van der Waals surface area contributed by atoms with Crippen molar-refractivity contribution in [1.82, 2.24) is 15.5 Å². The molecule has 1 aromatic heterocycles. The van der Waals surface area contributed by atoms with Gasteiger partial charge in [-0.2, -0.15) is 0 Å². The van der Waals surface area contributed by atoms with Crippen LogP contribution >= 0.6 is 23.1 Å². The molecule has 1 amide bonds. The molecular weight excluding hydrogens is 328 g/mol. The summed E-state index contributed by atoms with van der Waals surface area (Å²) in [6.07, 6.45) is 1.000. The zero-order chi connectivity index (χ0) is 16.7. The van der Waals surface area contributed by atoms with E-state index in [1.807, 2.05) is 25.1 Å². The van der Waals surface area contributed by atoms with Crippen LogP contribution in [0, 0.1) is 12.8 Å². The number of aryl methyl sites for hydroxylation is 1. The molecule has 2 rings (SSSR count). The van der Waals surface area contributed by atoms with Gasteiger partial charge in [0.05, 0.1) is 5.75 Å². The van der Waals surface area contributed by atoms with Crippen LogP contribution in [0.15, 0.2) is 28.6 Å². The Morgan fingerprint density at radius 2 is 2.17 bits per heavy atom. The van der Waals surface area contributed by atoms with E-state index in [0.29, 0.717) is 11.7 Å². The number of nitrogens with one attached hydrogen (secondary N) is 2. The number of thioether (sulfide) groups is 1. The summed E-state index contributed by atoms with van der Waals surface area (Å²) in [4.78, 5) is 11.7. The highest BCUT2D eigenvalue weighted by Crippen LogP contribution is 2.27. The SMILES string of the molecule is Cc1cccc(Nc2nnc(SCC(=O)NCCC(C)C)s2)c1. The van der Waals surface area contributed by atoms with E-state index in [0.717, 1.165) is 28.1 Å². The lowest BCUT2D eigenvalue weighted by Gasteiger charge is -2.05. The standard InChI is InChI=1S/C16H22N4OS2/c1-11(2)7-8-17-14(21)10-22-16-20-19-15(23-16)18-13-6-4-5-12(3)9-13/h4-6,9,11H,7-8,10H2,1-3H3,(H,17,21)(H,18,19). The number of hydrogen-bond donors (Lipinski definition) is 2. The summed E-state index contributed by atoms with van der Waals surface area (Å²) in [7, 11) is 0. The molecule has 0 saturated carbocycles. The molecule has 0 radical (unpaired) electrons. The molecule has 0 aliphatic rings. The van der Waals surface area contributed by atoms with Crippen molar-refractivity contribution >= 4 is 39.8 Å². The molecule has 0 aliphatic carbocycles. The average molecular weight is 351 g/mol. The number of rotatable bonds is 8. The highest BCUT2D eigenvalue weighted by atomic mass is 32.2. The van der Waals surface area contributed by atoms with Gasteiger partial charge in [-0.1, -0.05) is 49.1 Å². The van der Waals surface area contributed by atoms with Crippen molar-refractivity contribution in [2.45, 2.75) is 31.5 Å². The highest BCUT2D eigenvalue weighted by molar-refractivity contribution is 8.01. The lowest BCUT2D eigenvalue weighted by molar-refractivity contribution is -0.118. The van der Waals surface area contributed by atoms with Crippen LogP contribution in [0.1, 0.15) is 25.8 Å². The van der Waals surface area contributed by atoms with E-state index in [1.54, 1.807) is 0 Å². The molecule has 5 nitrogen and oxygen atoms in total. The smallest absolute Gasteiger partial charge is 0.230 e. The number of hydrogen-bond acceptors (Lipinski definition) is 6. The molecule has 2 aromatic rings. The normalized spacial score (nSPS) is 10.8. The predicted octanol–water partition coefficient (Wildman–Crippen LogP) is 3.84. The van der Waals surface area contributed by atoms with Crippen LogP contribution in [-0.4, -0.2) is 28.4 Å². The van der Waals surface area contributed by atoms with E-state index >= 15 is 0 Å². The number of nitrogens with zero attached hydrogens (tertiary/aromatic N) is 2. The van der Waals surface area contributed by atoms with Gasteiger partial charge in [0.25, 0.3) is 0 Å². The van der Waals surface area contributed by atoms with Crippen LogP contribution in [0.4, 0.5) is 10.8 Å². The van der Waals surface area contributed by atoms with Gasteiger partial charge >= 0.3 is 0 Å². The summed E-state index contributed by atoms with van der Waals surface area (Å²) >= 11 is 2.87. The topological polar surface area (TPSA) is 66.9 Å². The quantitative estimate of drug-likeness (QED) is 0.708. The van der Waals surface area contributed by atoms with Gasteiger partial charge in [0, 0.05) is 12.2 Å². The fourth-order valence-corrected chi connectivity index (χ4v) is 3.45. The maximum atomic E-state index is 11.7. The number of anilines is 2. The van der Waals surface area contributed by atoms with Crippen LogP contribution in [0.2, 0.25) is 0 Å². The Balaban J connectivity index is 1.77. The Hall–Kier alpha value is -1.60. The van der Waals surface area contributed by atoms with Crippen molar-refractivity contribution in [2.24, 2.45) is 5.92 Å². The van der Waals surface area contributed by atoms with Crippen LogP contribution in [0.25, 0.3) is 0 Å². The minimum absolute atomic E-state index is 0.0408. The monoisotopic (exact) mass is 350 g/mol. The van der Waals surface area contributed by atoms with Crippen molar-refractivity contribution in [3.05, 3.63) is 29.8 Å². The summed E-state index contributed by atoms with van der Waals surface area (Å²) in [5.74, 6) is 1.01. The molecule has 0 fully saturated rings. The van der Waals surface area contributed by atoms with Crippen LogP contribution in [0.5, 0.6) is 0 Å². The van der Waals surface area contributed by atoms with Gasteiger partial charge < -0.3 is 10.6 Å². The number of carbonyl (C=O) groups is 1. The minimum atomic E-state index is 0.0408. The minimum Gasteiger partial charge on any atom is -0.355 e. The molecule has 23 heavy (non-hydrogen) atoms. The fraction of sp³-hybridized carbons (Fsp3) is 0.438. The maximum absolute atomic E-state index is 11.7. The Morgan fingerprint density at radius 1 is 1.35 bits per heavy atom. The van der Waals surface area contributed by atoms with E-state index < -0.39 is 0 Å². The summed E-state index contributed by atoms with van der Waals surface area (Å²) in [5, 5.41) is 15.1. The first-order chi connectivity index (χ1) is 11.0. The second-order valence-corrected chi connectivity index (χ2v) is 7.89. The first-order valence-electron chi connectivity index (χ1n) is 7.59. The van der Waals surface area contributed by atoms with Gasteiger partial charge in [-0.25, -0.2) is 0 Å². The Labute approximate surface area is 145 Å². The highest BCUT2D eigenvalue weighted by Gasteiger charge is 2.08. The Morgan fingerprint density at radius 3 is 2.91 bits per heavy atom. The first-order valence-corrected chi connectivity index (χ1v) is 9.40. The number of aromatic nitrogens is 2. The van der Waals surface area contributed by atoms with Crippen LogP contribution < -0.4 is 10.6 Å². The molecule has 124 valence electrons. The molecule has 0 atom stereocenters. The molecular formula is C16H22N4OS2. The maximum Gasteiger partial charge on any atom is 0.230 e. The van der Waals surface area contributed by atoms with Gasteiger partial charge in [0.15, 0.2) is 4.34 Å². The summed E-state index contributed by atoms with van der Waals surface area (Å²) in [6.45, 7) is 7.06. The molecule has 1 aromatic carbocycles. The Bertz CT molecular complexity index is 643. The number of amides is 1. The molecule has 0 aliphatic heterocycles. The zero-order valence-corrected chi connectivity index (χ0v) is 15.3. The summed E-state index contributed by atoms with van der Waals surface area (Å²) in [6, 6.07) is 8.08. The van der Waals surface area contributed by atoms with E-state index in [4.69, 9.17) is 0 Å². The van der Waals surface area contributed by atoms with Gasteiger partial charge in [0.1, 0.15) is 0 Å². The van der Waals surface area contributed by atoms with Crippen molar-refractivity contribution in [3.63, 3.8) is 0 Å². The van der Waals surface area contributed by atoms with Gasteiger partial charge in [0.2, 0.25) is 11.0 Å². The van der Waals surface area contributed by atoms with E-state index in [2.05, 4.69) is 40.7 Å². The van der Waals surface area contributed by atoms with Gasteiger partial charge in [-0.15, -0.1) is 10.2 Å². The van der Waals surface area contributed by atoms with Gasteiger partial charge in [-0.3, -0.25) is 4.79 Å². The van der Waals surface area contributed by atoms with Crippen molar-refractivity contribution in [2.75, 3.05) is 17.6 Å². The molecule has 1 heterocycles. The lowest BCUT2D eigenvalue weighted by atomic mass is 10.1. The second kappa shape index (κ2) is 8.88. The largest absolute Gasteiger partial charge is 0.355 e. The van der Waals surface area contributed by atoms with Gasteiger partial charge in [-0.05, 0) is 37.0 Å². The molecule has 0 spiro atoms. The average Bonchev–Trinajstić information content (AvgIpc) is 2.92. The van der Waals surface area contributed by atoms with Crippen molar-refractivity contribution in [3.8, 4) is 0 Å². The molecule has 0 saturated heterocycles. The van der Waals surface area contributed by atoms with E-state index in [9.17, 15) is 4.79 Å². The van der Waals surface area contributed by atoms with Crippen LogP contribution in [-0.2, 0) is 4.79 Å². The predicted molar refractivity (Wildman–Crippen MR) is 97.6 cm³/mol. The Kier molecular flexibility index (Phi) is 6.85. The zero-order valence-electron chi connectivity index (χ0n) is 13.6. The summed E-state index contributed by atoms with van der Waals surface area (Å²) < 4.78 is 0.791. The third-order valence-electron chi connectivity index (χ3n) is 3.05. The third-order valence-corrected chi connectivity index (χ3v) is 5.02. The number of benzene rings is 1. The lowest BCUT2D eigenvalue weighted by Crippen LogP contribution is -2.26. The van der Waals surface area contributed by atoms with Crippen molar-refractivity contribution in [1.29, 1.82) is 0 Å². The summed E-state index contributed by atoms with van der Waals surface area (Å²) in [5.41, 5.74) is 2.18. The van der Waals surface area contributed by atoms with E-state index in [1.165, 1.54) is 28.7 Å². The second-order valence-electron chi connectivity index (χ2n) is 5.69. The van der Waals surface area contributed by atoms with Crippen molar-refractivity contribution < 1.29 is 4.79 Å². The fourth-order valence-electron chi connectivity index (χ4n) is 1.84. The molecule has 2 N–H and O–H groups in total. The molecule has 7 heteroatoms. The number of carbonyl (C=O) groups excluding carboxylic acids is 1. The van der Waals surface area contributed by atoms with Crippen LogP contribution in [0.3, 0.4) is 0 Å².